The number of rotatable bonds is 8. The van der Waals surface area contributed by atoms with Crippen molar-refractivity contribution in [2.24, 2.45) is 0 Å². The summed E-state index contributed by atoms with van der Waals surface area (Å²) >= 11 is 6.42. The van der Waals surface area contributed by atoms with Gasteiger partial charge in [0.2, 0.25) is 11.8 Å². The minimum atomic E-state index is -0.657. The van der Waals surface area contributed by atoms with Crippen LogP contribution in [0.15, 0.2) is 84.9 Å². The molecule has 0 heterocycles. The van der Waals surface area contributed by atoms with E-state index in [1.54, 1.807) is 17.9 Å². The summed E-state index contributed by atoms with van der Waals surface area (Å²) in [6, 6.07) is 26.8. The summed E-state index contributed by atoms with van der Waals surface area (Å²) in [5.74, 6) is -0.417. The SMILES string of the molecule is CC(C(=O)NC(C)(C)C)N(Cc1ccccc1Cl)C(=O)CC(c1ccccc1)c1ccccc1. The largest absolute Gasteiger partial charge is 0.350 e. The molecule has 34 heavy (non-hydrogen) atoms. The van der Waals surface area contributed by atoms with Crippen LogP contribution in [0, 0.1) is 0 Å². The molecule has 0 saturated heterocycles. The predicted octanol–water partition coefficient (Wildman–Crippen LogP) is 6.19. The number of hydrogen-bond acceptors (Lipinski definition) is 2. The second-order valence-corrected chi connectivity index (χ2v) is 10.0. The van der Waals surface area contributed by atoms with Crippen LogP contribution in [0.4, 0.5) is 0 Å². The summed E-state index contributed by atoms with van der Waals surface area (Å²) in [5, 5.41) is 3.58. The van der Waals surface area contributed by atoms with Crippen molar-refractivity contribution in [3.63, 3.8) is 0 Å². The highest BCUT2D eigenvalue weighted by atomic mass is 35.5. The van der Waals surface area contributed by atoms with Crippen molar-refractivity contribution in [3.05, 3.63) is 107 Å². The first kappa shape index (κ1) is 25.5. The molecule has 0 aliphatic heterocycles. The third kappa shape index (κ3) is 6.94. The molecule has 0 spiro atoms. The lowest BCUT2D eigenvalue weighted by atomic mass is 9.88. The van der Waals surface area contributed by atoms with Crippen molar-refractivity contribution < 1.29 is 9.59 Å². The van der Waals surface area contributed by atoms with Crippen LogP contribution in [-0.4, -0.2) is 28.3 Å². The number of carbonyl (C=O) groups is 2. The first-order valence-electron chi connectivity index (χ1n) is 11.6. The minimum absolute atomic E-state index is 0.103. The maximum atomic E-state index is 13.8. The molecule has 0 radical (unpaired) electrons. The van der Waals surface area contributed by atoms with Crippen LogP contribution in [0.25, 0.3) is 0 Å². The zero-order valence-corrected chi connectivity index (χ0v) is 21.0. The molecule has 1 N–H and O–H groups in total. The molecule has 178 valence electrons. The maximum absolute atomic E-state index is 13.8. The standard InChI is InChI=1S/C29H33ClN2O2/c1-21(28(34)31-29(2,3)4)32(20-24-17-11-12-18-26(24)30)27(33)19-25(22-13-7-5-8-14-22)23-15-9-6-10-16-23/h5-18,21,25H,19-20H2,1-4H3,(H,31,34). The van der Waals surface area contributed by atoms with E-state index < -0.39 is 11.6 Å². The molecule has 5 heteroatoms. The first-order chi connectivity index (χ1) is 16.2. The zero-order chi connectivity index (χ0) is 24.7. The van der Waals surface area contributed by atoms with Crippen molar-refractivity contribution in [1.29, 1.82) is 0 Å². The van der Waals surface area contributed by atoms with Gasteiger partial charge in [-0.05, 0) is 50.5 Å². The van der Waals surface area contributed by atoms with E-state index in [2.05, 4.69) is 5.32 Å². The second kappa shape index (κ2) is 11.3. The Labute approximate surface area is 207 Å². The van der Waals surface area contributed by atoms with Gasteiger partial charge in [0.1, 0.15) is 6.04 Å². The summed E-state index contributed by atoms with van der Waals surface area (Å²) < 4.78 is 0. The van der Waals surface area contributed by atoms with Gasteiger partial charge in [-0.2, -0.15) is 0 Å². The number of amides is 2. The van der Waals surface area contributed by atoms with Gasteiger partial charge in [0.15, 0.2) is 0 Å². The van der Waals surface area contributed by atoms with Gasteiger partial charge in [-0.3, -0.25) is 9.59 Å². The summed E-state index contributed by atoms with van der Waals surface area (Å²) in [5.41, 5.74) is 2.53. The second-order valence-electron chi connectivity index (χ2n) is 9.61. The third-order valence-corrected chi connectivity index (χ3v) is 6.12. The number of benzene rings is 3. The van der Waals surface area contributed by atoms with E-state index in [-0.39, 0.29) is 30.7 Å². The van der Waals surface area contributed by atoms with E-state index in [4.69, 9.17) is 11.6 Å². The third-order valence-electron chi connectivity index (χ3n) is 5.75. The highest BCUT2D eigenvalue weighted by Gasteiger charge is 2.30. The topological polar surface area (TPSA) is 49.4 Å². The first-order valence-corrected chi connectivity index (χ1v) is 12.0. The highest BCUT2D eigenvalue weighted by molar-refractivity contribution is 6.31. The molecule has 3 aromatic carbocycles. The minimum Gasteiger partial charge on any atom is -0.350 e. The van der Waals surface area contributed by atoms with Crippen LogP contribution >= 0.6 is 11.6 Å². The molecule has 4 nitrogen and oxygen atoms in total. The van der Waals surface area contributed by atoms with Crippen molar-refractivity contribution in [2.75, 3.05) is 0 Å². The smallest absolute Gasteiger partial charge is 0.242 e. The van der Waals surface area contributed by atoms with Crippen LogP contribution in [0.3, 0.4) is 0 Å². The number of nitrogens with one attached hydrogen (secondary N) is 1. The van der Waals surface area contributed by atoms with E-state index >= 15 is 0 Å². The predicted molar refractivity (Wildman–Crippen MR) is 139 cm³/mol. The maximum Gasteiger partial charge on any atom is 0.242 e. The normalized spacial score (nSPS) is 12.3. The van der Waals surface area contributed by atoms with Crippen molar-refractivity contribution in [2.45, 2.75) is 58.2 Å². The van der Waals surface area contributed by atoms with Crippen LogP contribution < -0.4 is 5.32 Å². The fourth-order valence-electron chi connectivity index (χ4n) is 3.96. The van der Waals surface area contributed by atoms with Crippen molar-refractivity contribution >= 4 is 23.4 Å². The number of hydrogen-bond donors (Lipinski definition) is 1. The summed E-state index contributed by atoms with van der Waals surface area (Å²) in [6.07, 6.45) is 0.242. The van der Waals surface area contributed by atoms with Crippen LogP contribution in [0.2, 0.25) is 5.02 Å². The van der Waals surface area contributed by atoms with Crippen molar-refractivity contribution in [3.8, 4) is 0 Å². The van der Waals surface area contributed by atoms with Gasteiger partial charge in [-0.15, -0.1) is 0 Å². The van der Waals surface area contributed by atoms with E-state index in [9.17, 15) is 9.59 Å². The van der Waals surface area contributed by atoms with Gasteiger partial charge in [-0.1, -0.05) is 90.5 Å². The Bertz CT molecular complexity index is 1050. The monoisotopic (exact) mass is 476 g/mol. The van der Waals surface area contributed by atoms with Gasteiger partial charge in [-0.25, -0.2) is 0 Å². The molecule has 0 fully saturated rings. The van der Waals surface area contributed by atoms with Gasteiger partial charge in [0.05, 0.1) is 0 Å². The van der Waals surface area contributed by atoms with Gasteiger partial charge in [0.25, 0.3) is 0 Å². The lowest BCUT2D eigenvalue weighted by Crippen LogP contribution is -2.52. The molecule has 1 atom stereocenters. The van der Waals surface area contributed by atoms with E-state index in [0.29, 0.717) is 5.02 Å². The molecular formula is C29H33ClN2O2. The van der Waals surface area contributed by atoms with Gasteiger partial charge < -0.3 is 10.2 Å². The Morgan fingerprint density at radius 2 is 1.35 bits per heavy atom. The number of halogens is 1. The summed E-state index contributed by atoms with van der Waals surface area (Å²) in [4.78, 5) is 28.5. The van der Waals surface area contributed by atoms with Gasteiger partial charge in [0, 0.05) is 29.4 Å². The Balaban J connectivity index is 1.94. The molecule has 0 aliphatic rings. The van der Waals surface area contributed by atoms with Crippen LogP contribution in [0.1, 0.15) is 56.7 Å². The Morgan fingerprint density at radius 1 is 0.853 bits per heavy atom. The quantitative estimate of drug-likeness (QED) is 0.421. The molecule has 0 aromatic heterocycles. The Kier molecular flexibility index (Phi) is 8.51. The fraction of sp³-hybridized carbons (Fsp3) is 0.310. The molecule has 0 aliphatic carbocycles. The molecule has 0 saturated carbocycles. The molecule has 1 unspecified atom stereocenters. The van der Waals surface area contributed by atoms with Crippen molar-refractivity contribution in [1.82, 2.24) is 10.2 Å². The Hall–Kier alpha value is -3.11. The molecule has 2 amide bonds. The summed E-state index contributed by atoms with van der Waals surface area (Å²) in [6.45, 7) is 7.82. The fourth-order valence-corrected chi connectivity index (χ4v) is 4.15. The van der Waals surface area contributed by atoms with Gasteiger partial charge >= 0.3 is 0 Å². The van der Waals surface area contributed by atoms with Crippen LogP contribution in [-0.2, 0) is 16.1 Å². The zero-order valence-electron chi connectivity index (χ0n) is 20.3. The number of nitrogens with zero attached hydrogens (tertiary/aromatic N) is 1. The lowest BCUT2D eigenvalue weighted by molar-refractivity contribution is -0.141. The van der Waals surface area contributed by atoms with E-state index in [1.807, 2.05) is 99.6 Å². The highest BCUT2D eigenvalue weighted by Crippen LogP contribution is 2.30. The summed E-state index contributed by atoms with van der Waals surface area (Å²) in [7, 11) is 0. The number of carbonyl (C=O) groups excluding carboxylic acids is 2. The lowest BCUT2D eigenvalue weighted by Gasteiger charge is -2.33. The average Bonchev–Trinajstić information content (AvgIpc) is 2.81. The molecule has 0 bridgehead atoms. The molecule has 3 aromatic rings. The van der Waals surface area contributed by atoms with Crippen LogP contribution in [0.5, 0.6) is 0 Å². The molecule has 3 rings (SSSR count). The van der Waals surface area contributed by atoms with E-state index in [1.165, 1.54) is 0 Å². The van der Waals surface area contributed by atoms with E-state index in [0.717, 1.165) is 16.7 Å². The Morgan fingerprint density at radius 3 is 1.85 bits per heavy atom. The average molecular weight is 477 g/mol. The molecular weight excluding hydrogens is 444 g/mol.